The molecule has 0 bridgehead atoms. The minimum absolute atomic E-state index is 0.407. The van der Waals surface area contributed by atoms with Gasteiger partial charge in [0.25, 0.3) is 0 Å². The Bertz CT molecular complexity index is 1010. The highest BCUT2D eigenvalue weighted by molar-refractivity contribution is 7.07. The summed E-state index contributed by atoms with van der Waals surface area (Å²) in [7, 11) is 0. The maximum absolute atomic E-state index is 4.80. The fourth-order valence-corrected chi connectivity index (χ4v) is 4.58. The van der Waals surface area contributed by atoms with Gasteiger partial charge in [-0.05, 0) is 59.5 Å². The molecular formula is C21H20N4S. The monoisotopic (exact) mass is 360 g/mol. The first kappa shape index (κ1) is 15.7. The molecule has 4 aromatic rings. The predicted molar refractivity (Wildman–Crippen MR) is 105 cm³/mol. The topological polar surface area (TPSA) is 33.4 Å². The summed E-state index contributed by atoms with van der Waals surface area (Å²) < 4.78 is 2.15. The van der Waals surface area contributed by atoms with Gasteiger partial charge in [0.15, 0.2) is 0 Å². The van der Waals surface area contributed by atoms with Crippen molar-refractivity contribution >= 4 is 16.9 Å². The largest absolute Gasteiger partial charge is 0.305 e. The molecule has 1 fully saturated rings. The number of rotatable bonds is 4. The van der Waals surface area contributed by atoms with Crippen LogP contribution in [-0.2, 0) is 6.54 Å². The fourth-order valence-electron chi connectivity index (χ4n) is 3.92. The van der Waals surface area contributed by atoms with Crippen molar-refractivity contribution in [3.8, 4) is 11.1 Å². The van der Waals surface area contributed by atoms with Crippen LogP contribution in [0.2, 0.25) is 0 Å². The van der Waals surface area contributed by atoms with Crippen LogP contribution in [0, 0.1) is 0 Å². The lowest BCUT2D eigenvalue weighted by Crippen LogP contribution is -2.22. The van der Waals surface area contributed by atoms with Crippen molar-refractivity contribution in [2.75, 3.05) is 6.54 Å². The van der Waals surface area contributed by atoms with E-state index in [0.717, 1.165) is 24.2 Å². The number of aromatic nitrogens is 3. The van der Waals surface area contributed by atoms with Crippen molar-refractivity contribution < 1.29 is 0 Å². The standard InChI is InChI=1S/C21H20N4S/c1-3-17(11-22-8-1)18-5-6-20-21(23-15-25(20)13-18)19-4-2-9-24(19)12-16-7-10-26-14-16/h1,3,5-8,10-11,13-15,19H,2,4,9,12H2/t19-/m1/s1. The fraction of sp³-hybridized carbons (Fsp3) is 0.238. The van der Waals surface area contributed by atoms with Crippen molar-refractivity contribution in [1.82, 2.24) is 19.3 Å². The number of hydrogen-bond donors (Lipinski definition) is 0. The highest BCUT2D eigenvalue weighted by atomic mass is 32.1. The second-order valence-electron chi connectivity index (χ2n) is 6.84. The third-order valence-corrected chi connectivity index (χ3v) is 5.93. The van der Waals surface area contributed by atoms with Gasteiger partial charge in [0.05, 0.1) is 23.6 Å². The molecule has 1 aliphatic heterocycles. The first-order valence-electron chi connectivity index (χ1n) is 9.00. The Labute approximate surface area is 156 Å². The molecule has 5 heterocycles. The molecular weight excluding hydrogens is 340 g/mol. The van der Waals surface area contributed by atoms with Crippen LogP contribution in [0.25, 0.3) is 16.6 Å². The number of nitrogens with zero attached hydrogens (tertiary/aromatic N) is 4. The lowest BCUT2D eigenvalue weighted by Gasteiger charge is -2.23. The van der Waals surface area contributed by atoms with Crippen molar-refractivity contribution in [1.29, 1.82) is 0 Å². The lowest BCUT2D eigenvalue weighted by atomic mass is 10.1. The van der Waals surface area contributed by atoms with Crippen LogP contribution in [-0.4, -0.2) is 25.8 Å². The Hall–Kier alpha value is -2.50. The second kappa shape index (κ2) is 6.67. The Morgan fingerprint density at radius 2 is 2.15 bits per heavy atom. The number of imidazole rings is 1. The molecule has 0 amide bonds. The van der Waals surface area contributed by atoms with Gasteiger partial charge < -0.3 is 4.40 Å². The zero-order valence-electron chi connectivity index (χ0n) is 14.5. The van der Waals surface area contributed by atoms with Gasteiger partial charge in [0, 0.05) is 30.7 Å². The molecule has 0 unspecified atom stereocenters. The normalized spacial score (nSPS) is 17.9. The van der Waals surface area contributed by atoms with E-state index in [-0.39, 0.29) is 0 Å². The van der Waals surface area contributed by atoms with E-state index in [1.165, 1.54) is 29.6 Å². The molecule has 5 heteroatoms. The first-order valence-corrected chi connectivity index (χ1v) is 9.95. The van der Waals surface area contributed by atoms with Gasteiger partial charge in [-0.3, -0.25) is 9.88 Å². The van der Waals surface area contributed by atoms with Gasteiger partial charge in [-0.15, -0.1) is 0 Å². The van der Waals surface area contributed by atoms with Crippen molar-refractivity contribution in [3.63, 3.8) is 0 Å². The molecule has 0 N–H and O–H groups in total. The van der Waals surface area contributed by atoms with Crippen molar-refractivity contribution in [2.45, 2.75) is 25.4 Å². The van der Waals surface area contributed by atoms with Crippen molar-refractivity contribution in [3.05, 3.63) is 77.3 Å². The van der Waals surface area contributed by atoms with E-state index in [2.05, 4.69) is 55.5 Å². The lowest BCUT2D eigenvalue weighted by molar-refractivity contribution is 0.246. The number of pyridine rings is 2. The summed E-state index contributed by atoms with van der Waals surface area (Å²) in [5.74, 6) is 0. The number of fused-ring (bicyclic) bond motifs is 1. The van der Waals surface area contributed by atoms with E-state index in [4.69, 9.17) is 4.98 Å². The van der Waals surface area contributed by atoms with Crippen LogP contribution in [0.15, 0.2) is 66.0 Å². The molecule has 1 aliphatic rings. The summed E-state index contributed by atoms with van der Waals surface area (Å²) >= 11 is 1.77. The third-order valence-electron chi connectivity index (χ3n) is 5.20. The smallest absolute Gasteiger partial charge is 0.0996 e. The van der Waals surface area contributed by atoms with Crippen LogP contribution in [0.3, 0.4) is 0 Å². The summed E-state index contributed by atoms with van der Waals surface area (Å²) in [6.45, 7) is 2.16. The Balaban J connectivity index is 1.47. The van der Waals surface area contributed by atoms with Crippen LogP contribution >= 0.6 is 11.3 Å². The molecule has 0 radical (unpaired) electrons. The third kappa shape index (κ3) is 2.83. The summed E-state index contributed by atoms with van der Waals surface area (Å²) in [6.07, 6.45) is 10.2. The zero-order valence-corrected chi connectivity index (χ0v) is 15.3. The summed E-state index contributed by atoms with van der Waals surface area (Å²) in [6, 6.07) is 11.1. The van der Waals surface area contributed by atoms with Gasteiger partial charge in [-0.2, -0.15) is 11.3 Å². The Kier molecular flexibility index (Phi) is 4.03. The van der Waals surface area contributed by atoms with Gasteiger partial charge in [0.1, 0.15) is 0 Å². The quantitative estimate of drug-likeness (QED) is 0.524. The number of hydrogen-bond acceptors (Lipinski definition) is 4. The first-order chi connectivity index (χ1) is 12.9. The minimum atomic E-state index is 0.407. The second-order valence-corrected chi connectivity index (χ2v) is 7.62. The number of thiophene rings is 1. The number of likely N-dealkylation sites (tertiary alicyclic amines) is 1. The van der Waals surface area contributed by atoms with Crippen molar-refractivity contribution in [2.24, 2.45) is 0 Å². The molecule has 130 valence electrons. The summed E-state index contributed by atoms with van der Waals surface area (Å²) in [5, 5.41) is 4.41. The van der Waals surface area contributed by atoms with Gasteiger partial charge >= 0.3 is 0 Å². The highest BCUT2D eigenvalue weighted by Gasteiger charge is 2.29. The van der Waals surface area contributed by atoms with Crippen LogP contribution in [0.4, 0.5) is 0 Å². The average Bonchev–Trinajstić information content (AvgIpc) is 3.43. The van der Waals surface area contributed by atoms with Crippen LogP contribution in [0.1, 0.15) is 30.1 Å². The zero-order chi connectivity index (χ0) is 17.3. The van der Waals surface area contributed by atoms with E-state index in [1.807, 2.05) is 18.6 Å². The van der Waals surface area contributed by atoms with Gasteiger partial charge in [-0.1, -0.05) is 12.1 Å². The average molecular weight is 360 g/mol. The molecule has 4 nitrogen and oxygen atoms in total. The molecule has 1 saturated heterocycles. The van der Waals surface area contributed by atoms with Crippen LogP contribution < -0.4 is 0 Å². The molecule has 4 aromatic heterocycles. The Morgan fingerprint density at radius 3 is 3.00 bits per heavy atom. The summed E-state index contributed by atoms with van der Waals surface area (Å²) in [4.78, 5) is 11.6. The van der Waals surface area contributed by atoms with Gasteiger partial charge in [-0.25, -0.2) is 4.98 Å². The van der Waals surface area contributed by atoms with E-state index in [0.29, 0.717) is 6.04 Å². The SMILES string of the molecule is c1cncc(-c2ccc3c([C@H]4CCCN4Cc4ccsc4)ncn3c2)c1. The molecule has 0 aliphatic carbocycles. The molecule has 1 atom stereocenters. The molecule has 5 rings (SSSR count). The maximum Gasteiger partial charge on any atom is 0.0996 e. The molecule has 26 heavy (non-hydrogen) atoms. The molecule has 0 spiro atoms. The van der Waals surface area contributed by atoms with Gasteiger partial charge in [0.2, 0.25) is 0 Å². The maximum atomic E-state index is 4.80. The summed E-state index contributed by atoms with van der Waals surface area (Å²) in [5.41, 5.74) is 6.11. The van der Waals surface area contributed by atoms with E-state index in [1.54, 1.807) is 17.5 Å². The Morgan fingerprint density at radius 1 is 1.15 bits per heavy atom. The highest BCUT2D eigenvalue weighted by Crippen LogP contribution is 2.35. The molecule has 0 aromatic carbocycles. The minimum Gasteiger partial charge on any atom is -0.305 e. The van der Waals surface area contributed by atoms with E-state index < -0.39 is 0 Å². The van der Waals surface area contributed by atoms with E-state index >= 15 is 0 Å². The van der Waals surface area contributed by atoms with E-state index in [9.17, 15) is 0 Å². The predicted octanol–water partition coefficient (Wildman–Crippen LogP) is 4.79. The van der Waals surface area contributed by atoms with Crippen LogP contribution in [0.5, 0.6) is 0 Å². The molecule has 0 saturated carbocycles.